The molecular formula is C27H18FN3O. The average molecular weight is 419 g/mol. The Kier molecular flexibility index (Phi) is 5.14. The van der Waals surface area contributed by atoms with Gasteiger partial charge in [-0.1, -0.05) is 54.6 Å². The monoisotopic (exact) mass is 419 g/mol. The van der Waals surface area contributed by atoms with E-state index in [0.717, 1.165) is 32.8 Å². The first-order valence-corrected chi connectivity index (χ1v) is 10.2. The van der Waals surface area contributed by atoms with E-state index in [1.165, 1.54) is 12.1 Å². The van der Waals surface area contributed by atoms with E-state index in [9.17, 15) is 9.18 Å². The first-order valence-electron chi connectivity index (χ1n) is 10.2. The molecule has 5 heteroatoms. The van der Waals surface area contributed by atoms with Gasteiger partial charge in [-0.3, -0.25) is 4.79 Å². The molecule has 0 aliphatic rings. The van der Waals surface area contributed by atoms with Gasteiger partial charge in [0.25, 0.3) is 5.91 Å². The van der Waals surface area contributed by atoms with Crippen molar-refractivity contribution in [2.24, 2.45) is 5.10 Å². The van der Waals surface area contributed by atoms with Gasteiger partial charge in [0.1, 0.15) is 5.82 Å². The maximum Gasteiger partial charge on any atom is 0.271 e. The van der Waals surface area contributed by atoms with E-state index in [1.807, 2.05) is 48.5 Å². The molecule has 0 fully saturated rings. The molecule has 0 saturated carbocycles. The number of carbonyl (C=O) groups is 1. The Labute approximate surface area is 184 Å². The number of fused-ring (bicyclic) bond motifs is 3. The van der Waals surface area contributed by atoms with Gasteiger partial charge in [0.15, 0.2) is 0 Å². The highest BCUT2D eigenvalue weighted by molar-refractivity contribution is 6.11. The van der Waals surface area contributed by atoms with Crippen LogP contribution in [0.2, 0.25) is 0 Å². The lowest BCUT2D eigenvalue weighted by atomic mass is 10.0. The summed E-state index contributed by atoms with van der Waals surface area (Å²) in [6, 6.07) is 29.1. The number of hydrazone groups is 1. The van der Waals surface area contributed by atoms with Crippen LogP contribution in [0.5, 0.6) is 0 Å². The zero-order valence-corrected chi connectivity index (χ0v) is 17.0. The predicted molar refractivity (Wildman–Crippen MR) is 126 cm³/mol. The van der Waals surface area contributed by atoms with Gasteiger partial charge in [0.2, 0.25) is 0 Å². The Morgan fingerprint density at radius 1 is 0.844 bits per heavy atom. The lowest BCUT2D eigenvalue weighted by Gasteiger charge is -2.10. The lowest BCUT2D eigenvalue weighted by Crippen LogP contribution is -2.17. The van der Waals surface area contributed by atoms with Gasteiger partial charge in [-0.25, -0.2) is 14.8 Å². The predicted octanol–water partition coefficient (Wildman–Crippen LogP) is 5.96. The van der Waals surface area contributed by atoms with Crippen molar-refractivity contribution in [1.82, 2.24) is 10.4 Å². The number of rotatable bonds is 4. The number of carbonyl (C=O) groups excluding carboxylic acids is 1. The molecule has 0 bridgehead atoms. The van der Waals surface area contributed by atoms with Crippen molar-refractivity contribution in [2.45, 2.75) is 0 Å². The average Bonchev–Trinajstić information content (AvgIpc) is 2.84. The van der Waals surface area contributed by atoms with Crippen LogP contribution in [-0.4, -0.2) is 17.1 Å². The fraction of sp³-hybridized carbons (Fsp3) is 0. The molecule has 0 saturated heterocycles. The summed E-state index contributed by atoms with van der Waals surface area (Å²) in [4.78, 5) is 17.2. The van der Waals surface area contributed by atoms with Gasteiger partial charge in [-0.15, -0.1) is 0 Å². The lowest BCUT2D eigenvalue weighted by molar-refractivity contribution is 0.0955. The van der Waals surface area contributed by atoms with E-state index in [4.69, 9.17) is 4.98 Å². The Bertz CT molecular complexity index is 1460. The van der Waals surface area contributed by atoms with Crippen molar-refractivity contribution in [3.8, 4) is 11.3 Å². The van der Waals surface area contributed by atoms with Gasteiger partial charge in [-0.2, -0.15) is 5.10 Å². The maximum absolute atomic E-state index is 13.4. The smallest absolute Gasteiger partial charge is 0.267 e. The summed E-state index contributed by atoms with van der Waals surface area (Å²) in [5.41, 5.74) is 6.22. The molecule has 1 aromatic heterocycles. The fourth-order valence-electron chi connectivity index (χ4n) is 3.68. The summed E-state index contributed by atoms with van der Waals surface area (Å²) in [7, 11) is 0. The minimum Gasteiger partial charge on any atom is -0.267 e. The van der Waals surface area contributed by atoms with Crippen molar-refractivity contribution in [3.05, 3.63) is 114 Å². The van der Waals surface area contributed by atoms with Crippen molar-refractivity contribution in [1.29, 1.82) is 0 Å². The highest BCUT2D eigenvalue weighted by Crippen LogP contribution is 2.29. The molecule has 4 aromatic carbocycles. The summed E-state index contributed by atoms with van der Waals surface area (Å²) in [6.07, 6.45) is 1.62. The van der Waals surface area contributed by atoms with Crippen molar-refractivity contribution in [2.75, 3.05) is 0 Å². The molecule has 4 nitrogen and oxygen atoms in total. The number of nitrogens with zero attached hydrogens (tertiary/aromatic N) is 2. The normalized spacial score (nSPS) is 11.3. The van der Waals surface area contributed by atoms with Crippen LogP contribution in [0.1, 0.15) is 15.9 Å². The number of pyridine rings is 1. The van der Waals surface area contributed by atoms with Crippen molar-refractivity contribution >= 4 is 33.8 Å². The Balaban J connectivity index is 1.61. The molecule has 1 N–H and O–H groups in total. The summed E-state index contributed by atoms with van der Waals surface area (Å²) in [6.45, 7) is 0. The second-order valence-electron chi connectivity index (χ2n) is 7.35. The molecule has 154 valence electrons. The summed E-state index contributed by atoms with van der Waals surface area (Å²) in [5.74, 6) is -0.588. The van der Waals surface area contributed by atoms with Crippen LogP contribution in [0.4, 0.5) is 4.39 Å². The van der Waals surface area contributed by atoms with Crippen LogP contribution in [-0.2, 0) is 0 Å². The topological polar surface area (TPSA) is 54.4 Å². The van der Waals surface area contributed by atoms with Crippen molar-refractivity contribution < 1.29 is 9.18 Å². The molecule has 1 heterocycles. The number of hydrogen-bond acceptors (Lipinski definition) is 3. The zero-order valence-electron chi connectivity index (χ0n) is 17.0. The van der Waals surface area contributed by atoms with Crippen LogP contribution in [0.25, 0.3) is 32.9 Å². The van der Waals surface area contributed by atoms with Crippen LogP contribution in [0.3, 0.4) is 0 Å². The zero-order chi connectivity index (χ0) is 21.9. The molecule has 0 aliphatic heterocycles. The molecule has 0 radical (unpaired) electrons. The largest absolute Gasteiger partial charge is 0.271 e. The van der Waals surface area contributed by atoms with Gasteiger partial charge in [0.05, 0.1) is 17.4 Å². The Hall–Kier alpha value is -4.38. The second kappa shape index (κ2) is 8.40. The highest BCUT2D eigenvalue weighted by Gasteiger charge is 2.10. The van der Waals surface area contributed by atoms with Crippen LogP contribution in [0.15, 0.2) is 102 Å². The number of aromatic nitrogens is 1. The molecule has 0 unspecified atom stereocenters. The number of amides is 1. The van der Waals surface area contributed by atoms with Gasteiger partial charge in [-0.05, 0) is 47.9 Å². The van der Waals surface area contributed by atoms with E-state index in [2.05, 4.69) is 10.5 Å². The molecule has 1 amide bonds. The third-order valence-electron chi connectivity index (χ3n) is 5.28. The van der Waals surface area contributed by atoms with E-state index >= 15 is 0 Å². The molecular weight excluding hydrogens is 401 g/mol. The molecule has 32 heavy (non-hydrogen) atoms. The Morgan fingerprint density at radius 2 is 1.59 bits per heavy atom. The van der Waals surface area contributed by atoms with Gasteiger partial charge < -0.3 is 0 Å². The van der Waals surface area contributed by atoms with Crippen LogP contribution >= 0.6 is 0 Å². The maximum atomic E-state index is 13.4. The Morgan fingerprint density at radius 3 is 2.41 bits per heavy atom. The standard InChI is InChI=1S/C27H18FN3O/c28-22-13-10-19(11-14-22)25-16-21(17-29-31-27(32)20-7-2-1-3-8-20)24-15-12-18-6-4-5-9-23(18)26(24)30-25/h1-17H,(H,31,32)/b29-17+. The number of hydrogen-bond donors (Lipinski definition) is 1. The number of benzene rings is 4. The first-order chi connectivity index (χ1) is 15.7. The van der Waals surface area contributed by atoms with E-state index in [0.29, 0.717) is 11.3 Å². The van der Waals surface area contributed by atoms with E-state index in [1.54, 1.807) is 42.6 Å². The van der Waals surface area contributed by atoms with Crippen molar-refractivity contribution in [3.63, 3.8) is 0 Å². The van der Waals surface area contributed by atoms with E-state index in [-0.39, 0.29) is 11.7 Å². The molecule has 0 aliphatic carbocycles. The minimum absolute atomic E-state index is 0.288. The third kappa shape index (κ3) is 3.84. The summed E-state index contributed by atoms with van der Waals surface area (Å²) < 4.78 is 13.4. The van der Waals surface area contributed by atoms with E-state index < -0.39 is 0 Å². The van der Waals surface area contributed by atoms with Gasteiger partial charge >= 0.3 is 0 Å². The first kappa shape index (κ1) is 19.6. The molecule has 0 spiro atoms. The fourth-order valence-corrected chi connectivity index (χ4v) is 3.68. The highest BCUT2D eigenvalue weighted by atomic mass is 19.1. The second-order valence-corrected chi connectivity index (χ2v) is 7.35. The molecule has 5 aromatic rings. The number of nitrogens with one attached hydrogen (secondary N) is 1. The third-order valence-corrected chi connectivity index (χ3v) is 5.28. The molecule has 0 atom stereocenters. The summed E-state index contributed by atoms with van der Waals surface area (Å²) in [5, 5.41) is 7.18. The summed E-state index contributed by atoms with van der Waals surface area (Å²) >= 11 is 0. The van der Waals surface area contributed by atoms with Gasteiger partial charge in [0, 0.05) is 27.5 Å². The van der Waals surface area contributed by atoms with Crippen LogP contribution < -0.4 is 5.43 Å². The molecule has 5 rings (SSSR count). The quantitative estimate of drug-likeness (QED) is 0.222. The number of halogens is 1. The minimum atomic E-state index is -0.301. The SMILES string of the molecule is O=C(N/N=C/c1cc(-c2ccc(F)cc2)nc2c1ccc1ccccc12)c1ccccc1. The van der Waals surface area contributed by atoms with Crippen LogP contribution in [0, 0.1) is 5.82 Å².